The van der Waals surface area contributed by atoms with Crippen LogP contribution in [0.5, 0.6) is 0 Å². The molecule has 0 spiro atoms. The lowest BCUT2D eigenvalue weighted by molar-refractivity contribution is -0.161. The Hall–Kier alpha value is -0.670. The van der Waals surface area contributed by atoms with Crippen molar-refractivity contribution in [3.8, 4) is 0 Å². The van der Waals surface area contributed by atoms with E-state index in [1.54, 1.807) is 0 Å². The van der Waals surface area contributed by atoms with E-state index < -0.39 is 0 Å². The molecule has 7 atom stereocenters. The predicted molar refractivity (Wildman–Crippen MR) is 97.9 cm³/mol. The van der Waals surface area contributed by atoms with E-state index >= 15 is 0 Å². The molecule has 4 rings (SSSR count). The van der Waals surface area contributed by atoms with Crippen LogP contribution in [0.4, 0.5) is 0 Å². The van der Waals surface area contributed by atoms with E-state index in [9.17, 15) is 15.0 Å². The Morgan fingerprint density at radius 1 is 1.20 bits per heavy atom. The molecule has 4 aliphatic carbocycles. The number of Topliss-reactive ketones (excluding diaryl/α,β-unsaturated/α-hetero) is 1. The van der Waals surface area contributed by atoms with E-state index in [0.29, 0.717) is 30.0 Å². The van der Waals surface area contributed by atoms with Gasteiger partial charge in [-0.15, -0.1) is 0 Å². The highest BCUT2D eigenvalue weighted by atomic mass is 16.3. The Morgan fingerprint density at radius 3 is 2.76 bits per heavy atom. The van der Waals surface area contributed by atoms with Crippen LogP contribution in [0.25, 0.3) is 0 Å². The molecule has 4 aliphatic rings. The van der Waals surface area contributed by atoms with Gasteiger partial charge in [0, 0.05) is 12.3 Å². The molecular weight excluding hydrogens is 312 g/mol. The van der Waals surface area contributed by atoms with Gasteiger partial charge in [-0.2, -0.15) is 0 Å². The Morgan fingerprint density at radius 2 is 2.00 bits per heavy atom. The van der Waals surface area contributed by atoms with Crippen LogP contribution in [0.1, 0.15) is 71.6 Å². The summed E-state index contributed by atoms with van der Waals surface area (Å²) in [6.07, 6.45) is 11.1. The van der Waals surface area contributed by atoms with Crippen LogP contribution in [-0.4, -0.2) is 28.7 Å². The number of aliphatic hydroxyl groups excluding tert-OH is 2. The SMILES string of the molecule is C[C@]12CC[C@H](O)C[C@@H]1CC[C@H]1[C@H]3CCC/C(=C/CO)[C@]3(C)CC(=O)[C@@H]12. The molecule has 0 amide bonds. The second-order valence-corrected chi connectivity index (χ2v) is 9.82. The molecule has 4 saturated carbocycles. The van der Waals surface area contributed by atoms with Crippen molar-refractivity contribution in [2.45, 2.75) is 77.7 Å². The average molecular weight is 347 g/mol. The summed E-state index contributed by atoms with van der Waals surface area (Å²) in [6.45, 7) is 4.75. The van der Waals surface area contributed by atoms with Crippen LogP contribution in [0.15, 0.2) is 11.6 Å². The minimum absolute atomic E-state index is 0.0311. The van der Waals surface area contributed by atoms with Crippen molar-refractivity contribution in [1.29, 1.82) is 0 Å². The van der Waals surface area contributed by atoms with Gasteiger partial charge in [0.2, 0.25) is 0 Å². The second-order valence-electron chi connectivity index (χ2n) is 9.82. The lowest BCUT2D eigenvalue weighted by Crippen LogP contribution is -2.58. The van der Waals surface area contributed by atoms with Gasteiger partial charge in [-0.05, 0) is 80.0 Å². The number of hydrogen-bond acceptors (Lipinski definition) is 3. The molecule has 0 aromatic heterocycles. The summed E-state index contributed by atoms with van der Waals surface area (Å²) in [6, 6.07) is 0. The van der Waals surface area contributed by atoms with Gasteiger partial charge in [0.1, 0.15) is 5.78 Å². The zero-order chi connectivity index (χ0) is 17.8. The Kier molecular flexibility index (Phi) is 4.39. The third-order valence-electron chi connectivity index (χ3n) is 8.75. The van der Waals surface area contributed by atoms with Crippen LogP contribution in [-0.2, 0) is 4.79 Å². The molecule has 0 bridgehead atoms. The topological polar surface area (TPSA) is 57.5 Å². The smallest absolute Gasteiger partial charge is 0.137 e. The highest BCUT2D eigenvalue weighted by Gasteiger charge is 2.61. The van der Waals surface area contributed by atoms with Crippen LogP contribution in [0.3, 0.4) is 0 Å². The van der Waals surface area contributed by atoms with E-state index in [1.807, 2.05) is 6.08 Å². The summed E-state index contributed by atoms with van der Waals surface area (Å²) in [4.78, 5) is 13.4. The third kappa shape index (κ3) is 2.56. The molecule has 140 valence electrons. The summed E-state index contributed by atoms with van der Waals surface area (Å²) in [5.41, 5.74) is 1.40. The maximum Gasteiger partial charge on any atom is 0.137 e. The number of fused-ring (bicyclic) bond motifs is 5. The van der Waals surface area contributed by atoms with Crippen molar-refractivity contribution < 1.29 is 15.0 Å². The van der Waals surface area contributed by atoms with Gasteiger partial charge >= 0.3 is 0 Å². The van der Waals surface area contributed by atoms with Gasteiger partial charge in [-0.25, -0.2) is 0 Å². The summed E-state index contributed by atoms with van der Waals surface area (Å²) < 4.78 is 0. The molecule has 25 heavy (non-hydrogen) atoms. The highest BCUT2D eigenvalue weighted by Crippen LogP contribution is 2.65. The standard InChI is InChI=1S/C22H34O3/c1-21-10-8-16(24)12-15(21)6-7-17-18-5-3-4-14(9-11-23)22(18,2)13-19(25)20(17)21/h9,15-18,20,23-24H,3-8,10-13H2,1-2H3/b14-9-/t15-,16-,17-,18+,20+,21-,22-/m0/s1. The maximum atomic E-state index is 13.4. The van der Waals surface area contributed by atoms with Crippen molar-refractivity contribution >= 4 is 5.78 Å². The lowest BCUT2D eigenvalue weighted by atomic mass is 9.42. The Bertz CT molecular complexity index is 582. The third-order valence-corrected chi connectivity index (χ3v) is 8.75. The van der Waals surface area contributed by atoms with Gasteiger partial charge in [0.05, 0.1) is 12.7 Å². The molecule has 0 heterocycles. The van der Waals surface area contributed by atoms with E-state index in [-0.39, 0.29) is 29.5 Å². The first kappa shape index (κ1) is 17.7. The molecule has 3 heteroatoms. The average Bonchev–Trinajstić information content (AvgIpc) is 2.56. The molecule has 0 saturated heterocycles. The lowest BCUT2D eigenvalue weighted by Gasteiger charge is -2.61. The zero-order valence-corrected chi connectivity index (χ0v) is 15.8. The predicted octanol–water partition coefficient (Wildman–Crippen LogP) is 3.88. The highest BCUT2D eigenvalue weighted by molar-refractivity contribution is 5.84. The fraction of sp³-hybridized carbons (Fsp3) is 0.864. The number of carbonyl (C=O) groups is 1. The summed E-state index contributed by atoms with van der Waals surface area (Å²) >= 11 is 0. The van der Waals surface area contributed by atoms with E-state index in [2.05, 4.69) is 13.8 Å². The Balaban J connectivity index is 1.69. The van der Waals surface area contributed by atoms with Gasteiger partial charge in [-0.1, -0.05) is 25.5 Å². The van der Waals surface area contributed by atoms with Crippen LogP contribution >= 0.6 is 0 Å². The summed E-state index contributed by atoms with van der Waals surface area (Å²) in [5.74, 6) is 2.28. The van der Waals surface area contributed by atoms with Crippen molar-refractivity contribution in [2.75, 3.05) is 6.61 Å². The van der Waals surface area contributed by atoms with Gasteiger partial charge < -0.3 is 10.2 Å². The van der Waals surface area contributed by atoms with E-state index in [0.717, 1.165) is 32.1 Å². The second kappa shape index (κ2) is 6.20. The fourth-order valence-electron chi connectivity index (χ4n) is 7.55. The van der Waals surface area contributed by atoms with Gasteiger partial charge in [0.15, 0.2) is 0 Å². The molecular formula is C22H34O3. The molecule has 3 nitrogen and oxygen atoms in total. The largest absolute Gasteiger partial charge is 0.393 e. The van der Waals surface area contributed by atoms with E-state index in [1.165, 1.54) is 24.8 Å². The first-order valence-electron chi connectivity index (χ1n) is 10.4. The first-order chi connectivity index (χ1) is 11.9. The van der Waals surface area contributed by atoms with Crippen molar-refractivity contribution in [1.82, 2.24) is 0 Å². The quantitative estimate of drug-likeness (QED) is 0.709. The molecule has 0 aromatic carbocycles. The number of aliphatic hydroxyl groups is 2. The molecule has 0 radical (unpaired) electrons. The van der Waals surface area contributed by atoms with Crippen LogP contribution in [0.2, 0.25) is 0 Å². The first-order valence-corrected chi connectivity index (χ1v) is 10.4. The maximum absolute atomic E-state index is 13.4. The Labute approximate surface area is 151 Å². The van der Waals surface area contributed by atoms with Crippen LogP contribution < -0.4 is 0 Å². The number of carbonyl (C=O) groups excluding carboxylic acids is 1. The molecule has 0 aliphatic heterocycles. The summed E-state index contributed by atoms with van der Waals surface area (Å²) in [7, 11) is 0. The molecule has 0 unspecified atom stereocenters. The monoisotopic (exact) mass is 346 g/mol. The summed E-state index contributed by atoms with van der Waals surface area (Å²) in [5, 5.41) is 19.6. The van der Waals surface area contributed by atoms with Crippen molar-refractivity contribution in [2.24, 2.45) is 34.5 Å². The number of rotatable bonds is 1. The fourth-order valence-corrected chi connectivity index (χ4v) is 7.55. The minimum Gasteiger partial charge on any atom is -0.393 e. The van der Waals surface area contributed by atoms with Gasteiger partial charge in [0.25, 0.3) is 0 Å². The zero-order valence-electron chi connectivity index (χ0n) is 15.8. The van der Waals surface area contributed by atoms with Crippen molar-refractivity contribution in [3.63, 3.8) is 0 Å². The minimum atomic E-state index is -0.160. The normalized spacial score (nSPS) is 51.6. The van der Waals surface area contributed by atoms with E-state index in [4.69, 9.17) is 0 Å². The number of ketones is 1. The molecule has 2 N–H and O–H groups in total. The number of allylic oxidation sites excluding steroid dienone is 1. The number of hydrogen-bond donors (Lipinski definition) is 2. The van der Waals surface area contributed by atoms with Crippen LogP contribution in [0, 0.1) is 34.5 Å². The molecule has 4 fully saturated rings. The molecule has 0 aromatic rings. The van der Waals surface area contributed by atoms with Crippen molar-refractivity contribution in [3.05, 3.63) is 11.6 Å². The van der Waals surface area contributed by atoms with Gasteiger partial charge in [-0.3, -0.25) is 4.79 Å².